The summed E-state index contributed by atoms with van der Waals surface area (Å²) in [7, 11) is 0. The summed E-state index contributed by atoms with van der Waals surface area (Å²) in [6.07, 6.45) is 0.456. The number of carbonyl (C=O) groups excluding carboxylic acids is 2. The number of aryl methyl sites for hydroxylation is 1. The standard InChI is InChI=1S/C34H25FN2O4/c1-21-15-16-28-24(19-21)30(38)29-31(41-28)32(39)37(18-17-22-9-3-2-4-10-22)34(29)25-12-6-8-14-27(25)36(33(34)40)20-23-11-5-7-13-26(23)35/h2-16,19H,17-18,20H2,1H3/t34-/m1/s1. The number of rotatable bonds is 5. The van der Waals surface area contributed by atoms with Gasteiger partial charge in [0, 0.05) is 17.7 Å². The van der Waals surface area contributed by atoms with Crippen LogP contribution in [-0.2, 0) is 23.3 Å². The van der Waals surface area contributed by atoms with Crippen molar-refractivity contribution in [3.8, 4) is 0 Å². The summed E-state index contributed by atoms with van der Waals surface area (Å²) in [5, 5.41) is 0.304. The van der Waals surface area contributed by atoms with Crippen LogP contribution in [0.3, 0.4) is 0 Å². The van der Waals surface area contributed by atoms with E-state index in [9.17, 15) is 18.8 Å². The van der Waals surface area contributed by atoms with Gasteiger partial charge in [0.2, 0.25) is 5.76 Å². The molecule has 0 saturated heterocycles. The Morgan fingerprint density at radius 3 is 2.39 bits per heavy atom. The van der Waals surface area contributed by atoms with Crippen molar-refractivity contribution in [1.29, 1.82) is 0 Å². The van der Waals surface area contributed by atoms with Gasteiger partial charge < -0.3 is 14.2 Å². The normalized spacial score (nSPS) is 17.5. The van der Waals surface area contributed by atoms with E-state index < -0.39 is 28.6 Å². The molecule has 0 saturated carbocycles. The van der Waals surface area contributed by atoms with E-state index in [1.165, 1.54) is 15.9 Å². The molecule has 0 radical (unpaired) electrons. The minimum Gasteiger partial charge on any atom is -0.450 e. The molecule has 41 heavy (non-hydrogen) atoms. The van der Waals surface area contributed by atoms with Gasteiger partial charge in [-0.2, -0.15) is 0 Å². The van der Waals surface area contributed by atoms with Crippen LogP contribution in [0.5, 0.6) is 0 Å². The quantitative estimate of drug-likeness (QED) is 0.283. The molecule has 0 bridgehead atoms. The largest absolute Gasteiger partial charge is 0.450 e. The number of benzene rings is 4. The van der Waals surface area contributed by atoms with E-state index in [0.29, 0.717) is 28.6 Å². The second-order valence-corrected chi connectivity index (χ2v) is 10.5. The third-order valence-electron chi connectivity index (χ3n) is 8.14. The summed E-state index contributed by atoms with van der Waals surface area (Å²) in [4.78, 5) is 46.3. The highest BCUT2D eigenvalue weighted by Crippen LogP contribution is 2.53. The molecule has 1 spiro atoms. The van der Waals surface area contributed by atoms with Crippen molar-refractivity contribution in [2.75, 3.05) is 11.4 Å². The number of fused-ring (bicyclic) bond motifs is 5. The monoisotopic (exact) mass is 544 g/mol. The van der Waals surface area contributed by atoms with E-state index in [4.69, 9.17) is 4.42 Å². The van der Waals surface area contributed by atoms with Crippen molar-refractivity contribution < 1.29 is 18.4 Å². The van der Waals surface area contributed by atoms with E-state index >= 15 is 0 Å². The van der Waals surface area contributed by atoms with Crippen LogP contribution in [0.25, 0.3) is 11.0 Å². The molecule has 0 N–H and O–H groups in total. The van der Waals surface area contributed by atoms with Crippen LogP contribution >= 0.6 is 0 Å². The maximum Gasteiger partial charge on any atom is 0.291 e. The number of amides is 2. The second-order valence-electron chi connectivity index (χ2n) is 10.5. The Hall–Kier alpha value is -5.04. The van der Waals surface area contributed by atoms with Crippen LogP contribution in [0.15, 0.2) is 106 Å². The first-order chi connectivity index (χ1) is 19.9. The molecule has 0 aliphatic carbocycles. The molecular formula is C34H25FN2O4. The maximum atomic E-state index is 14.8. The molecule has 4 aromatic carbocycles. The lowest BCUT2D eigenvalue weighted by molar-refractivity contribution is -0.126. The van der Waals surface area contributed by atoms with Crippen molar-refractivity contribution in [3.05, 3.63) is 147 Å². The highest BCUT2D eigenvalue weighted by atomic mass is 19.1. The van der Waals surface area contributed by atoms with Crippen LogP contribution in [0.1, 0.15) is 38.4 Å². The minimum absolute atomic E-state index is 0.0159. The van der Waals surface area contributed by atoms with Crippen molar-refractivity contribution >= 4 is 28.5 Å². The molecule has 202 valence electrons. The topological polar surface area (TPSA) is 70.8 Å². The summed E-state index contributed by atoms with van der Waals surface area (Å²) in [5.41, 5.74) is 1.32. The molecule has 5 aromatic rings. The Balaban J connectivity index is 1.48. The summed E-state index contributed by atoms with van der Waals surface area (Å²) in [6.45, 7) is 1.97. The number of hydrogen-bond donors (Lipinski definition) is 0. The number of hydrogen-bond acceptors (Lipinski definition) is 4. The zero-order valence-electron chi connectivity index (χ0n) is 22.3. The zero-order chi connectivity index (χ0) is 28.3. The fourth-order valence-electron chi connectivity index (χ4n) is 6.24. The molecule has 6 nitrogen and oxygen atoms in total. The third kappa shape index (κ3) is 3.58. The van der Waals surface area contributed by atoms with Gasteiger partial charge in [-0.25, -0.2) is 4.39 Å². The lowest BCUT2D eigenvalue weighted by Gasteiger charge is -2.34. The lowest BCUT2D eigenvalue weighted by atomic mass is 9.83. The van der Waals surface area contributed by atoms with E-state index in [0.717, 1.165) is 11.1 Å². The summed E-state index contributed by atoms with van der Waals surface area (Å²) < 4.78 is 20.9. The Labute approximate surface area is 235 Å². The Kier molecular flexibility index (Phi) is 5.64. The van der Waals surface area contributed by atoms with Gasteiger partial charge in [0.15, 0.2) is 11.0 Å². The van der Waals surface area contributed by atoms with Crippen LogP contribution in [0.2, 0.25) is 0 Å². The van der Waals surface area contributed by atoms with Gasteiger partial charge in [-0.1, -0.05) is 78.4 Å². The molecule has 2 aliphatic rings. The first-order valence-corrected chi connectivity index (χ1v) is 13.5. The Bertz CT molecular complexity index is 1930. The van der Waals surface area contributed by atoms with Gasteiger partial charge in [-0.3, -0.25) is 14.4 Å². The average molecular weight is 545 g/mol. The molecular weight excluding hydrogens is 519 g/mol. The highest BCUT2D eigenvalue weighted by molar-refractivity contribution is 6.17. The number of carbonyl (C=O) groups is 2. The average Bonchev–Trinajstić information content (AvgIpc) is 3.38. The zero-order valence-corrected chi connectivity index (χ0v) is 22.3. The first-order valence-electron chi connectivity index (χ1n) is 13.5. The van der Waals surface area contributed by atoms with Gasteiger partial charge >= 0.3 is 0 Å². The van der Waals surface area contributed by atoms with Gasteiger partial charge in [-0.15, -0.1) is 0 Å². The van der Waals surface area contributed by atoms with E-state index in [-0.39, 0.29) is 30.0 Å². The Morgan fingerprint density at radius 1 is 0.854 bits per heavy atom. The van der Waals surface area contributed by atoms with Crippen LogP contribution in [0.4, 0.5) is 10.1 Å². The molecule has 3 heterocycles. The minimum atomic E-state index is -1.75. The molecule has 7 heteroatoms. The van der Waals surface area contributed by atoms with Gasteiger partial charge in [-0.05, 0) is 43.2 Å². The van der Waals surface area contributed by atoms with Crippen LogP contribution < -0.4 is 10.3 Å². The van der Waals surface area contributed by atoms with Crippen molar-refractivity contribution in [1.82, 2.24) is 4.90 Å². The van der Waals surface area contributed by atoms with Gasteiger partial charge in [0.05, 0.1) is 23.2 Å². The highest BCUT2D eigenvalue weighted by Gasteiger charge is 2.64. The fourth-order valence-corrected chi connectivity index (χ4v) is 6.24. The van der Waals surface area contributed by atoms with Crippen LogP contribution in [0, 0.1) is 12.7 Å². The summed E-state index contributed by atoms with van der Waals surface area (Å²) >= 11 is 0. The number of para-hydroxylation sites is 1. The van der Waals surface area contributed by atoms with Crippen molar-refractivity contribution in [2.24, 2.45) is 0 Å². The smallest absolute Gasteiger partial charge is 0.291 e. The van der Waals surface area contributed by atoms with E-state index in [2.05, 4.69) is 0 Å². The third-order valence-corrected chi connectivity index (χ3v) is 8.14. The lowest BCUT2D eigenvalue weighted by Crippen LogP contribution is -2.53. The molecule has 1 atom stereocenters. The maximum absolute atomic E-state index is 14.8. The van der Waals surface area contributed by atoms with Gasteiger partial charge in [0.1, 0.15) is 11.4 Å². The predicted molar refractivity (Wildman–Crippen MR) is 153 cm³/mol. The van der Waals surface area contributed by atoms with Gasteiger partial charge in [0.25, 0.3) is 11.8 Å². The molecule has 2 aliphatic heterocycles. The number of halogens is 1. The second kappa shape index (κ2) is 9.27. The fraction of sp³-hybridized carbons (Fsp3) is 0.147. The van der Waals surface area contributed by atoms with Crippen molar-refractivity contribution in [3.63, 3.8) is 0 Å². The first kappa shape index (κ1) is 25.0. The molecule has 0 unspecified atom stereocenters. The number of anilines is 1. The Morgan fingerprint density at radius 2 is 1.59 bits per heavy atom. The molecule has 2 amide bonds. The number of nitrogens with zero attached hydrogens (tertiary/aromatic N) is 2. The van der Waals surface area contributed by atoms with E-state index in [1.54, 1.807) is 54.6 Å². The summed E-state index contributed by atoms with van der Waals surface area (Å²) in [5.74, 6) is -1.58. The molecule has 1 aromatic heterocycles. The van der Waals surface area contributed by atoms with E-state index in [1.807, 2.05) is 43.3 Å². The van der Waals surface area contributed by atoms with Crippen LogP contribution in [-0.4, -0.2) is 23.3 Å². The SMILES string of the molecule is Cc1ccc2oc3c(c(=O)c2c1)[C@]1(C(=O)N(Cc2ccccc2F)c2ccccc21)N(CCc1ccccc1)C3=O. The van der Waals surface area contributed by atoms with Crippen molar-refractivity contribution in [2.45, 2.75) is 25.4 Å². The molecule has 7 rings (SSSR count). The summed E-state index contributed by atoms with van der Waals surface area (Å²) in [6, 6.07) is 28.2. The molecule has 0 fully saturated rings. The predicted octanol–water partition coefficient (Wildman–Crippen LogP) is 5.73.